The number of hydrogen-bond donors (Lipinski definition) is 2. The number of benzene rings is 1. The second kappa shape index (κ2) is 5.78. The minimum Gasteiger partial charge on any atom is -0.397 e. The van der Waals surface area contributed by atoms with Crippen molar-refractivity contribution >= 4 is 11.4 Å². The van der Waals surface area contributed by atoms with Crippen molar-refractivity contribution in [1.82, 2.24) is 0 Å². The van der Waals surface area contributed by atoms with Crippen LogP contribution in [0.2, 0.25) is 0 Å². The lowest BCUT2D eigenvalue weighted by Crippen LogP contribution is -2.06. The predicted octanol–water partition coefficient (Wildman–Crippen LogP) is 3.73. The molecule has 0 saturated heterocycles. The number of anilines is 2. The highest BCUT2D eigenvalue weighted by atomic mass is 14.9. The molecule has 3 N–H and O–H groups in total. The van der Waals surface area contributed by atoms with E-state index >= 15 is 0 Å². The van der Waals surface area contributed by atoms with E-state index in [4.69, 9.17) is 5.73 Å². The highest BCUT2D eigenvalue weighted by Gasteiger charge is 2.02. The van der Waals surface area contributed by atoms with Crippen LogP contribution < -0.4 is 11.1 Å². The summed E-state index contributed by atoms with van der Waals surface area (Å²) in [5, 5.41) is 3.41. The first-order valence-corrected chi connectivity index (χ1v) is 6.11. The average Bonchev–Trinajstić information content (AvgIpc) is 2.19. The molecule has 0 bridgehead atoms. The maximum atomic E-state index is 5.97. The van der Waals surface area contributed by atoms with Gasteiger partial charge in [0.15, 0.2) is 0 Å². The maximum absolute atomic E-state index is 5.97. The molecule has 0 unspecified atom stereocenters. The maximum Gasteiger partial charge on any atom is 0.0576 e. The number of nitrogens with one attached hydrogen (secondary N) is 1. The van der Waals surface area contributed by atoms with Crippen LogP contribution in [0.5, 0.6) is 0 Å². The molecule has 1 aromatic carbocycles. The fraction of sp³-hybridized carbons (Fsp3) is 0.571. The van der Waals surface area contributed by atoms with Crippen molar-refractivity contribution in [2.45, 2.75) is 40.5 Å². The molecule has 2 heteroatoms. The van der Waals surface area contributed by atoms with E-state index in [-0.39, 0.29) is 0 Å². The predicted molar refractivity (Wildman–Crippen MR) is 72.9 cm³/mol. The monoisotopic (exact) mass is 220 g/mol. The highest BCUT2D eigenvalue weighted by molar-refractivity contribution is 5.68. The van der Waals surface area contributed by atoms with Crippen molar-refractivity contribution in [3.63, 3.8) is 0 Å². The Morgan fingerprint density at radius 1 is 1.19 bits per heavy atom. The molecule has 0 fully saturated rings. The van der Waals surface area contributed by atoms with E-state index in [0.717, 1.165) is 23.8 Å². The van der Waals surface area contributed by atoms with Crippen LogP contribution in [0.1, 0.15) is 37.8 Å². The van der Waals surface area contributed by atoms with Crippen LogP contribution in [0.3, 0.4) is 0 Å². The number of hydrogen-bond acceptors (Lipinski definition) is 2. The Kier molecular flexibility index (Phi) is 4.66. The normalized spacial score (nSPS) is 10.8. The van der Waals surface area contributed by atoms with Gasteiger partial charge in [-0.2, -0.15) is 0 Å². The molecule has 1 rings (SSSR count). The molecule has 0 amide bonds. The molecule has 0 radical (unpaired) electrons. The van der Waals surface area contributed by atoms with E-state index in [1.807, 2.05) is 6.07 Å². The lowest BCUT2D eigenvalue weighted by atomic mass is 10.1. The summed E-state index contributed by atoms with van der Waals surface area (Å²) in [6.07, 6.45) is 2.46. The molecule has 0 aliphatic rings. The molecule has 0 atom stereocenters. The van der Waals surface area contributed by atoms with Crippen molar-refractivity contribution in [3.05, 3.63) is 23.3 Å². The summed E-state index contributed by atoms with van der Waals surface area (Å²) >= 11 is 0. The standard InChI is InChI=1S/C14H24N2/c1-10(2)6-5-7-16-14-9-12(4)11(3)8-13(14)15/h8-10,16H,5-7,15H2,1-4H3. The third-order valence-electron chi connectivity index (χ3n) is 2.94. The van der Waals surface area contributed by atoms with Crippen LogP contribution in [0.4, 0.5) is 11.4 Å². The lowest BCUT2D eigenvalue weighted by molar-refractivity contribution is 0.567. The summed E-state index contributed by atoms with van der Waals surface area (Å²) in [5.74, 6) is 0.777. The van der Waals surface area contributed by atoms with Gasteiger partial charge in [-0.3, -0.25) is 0 Å². The molecule has 0 aliphatic carbocycles. The van der Waals surface area contributed by atoms with E-state index in [1.54, 1.807) is 0 Å². The number of nitrogens with two attached hydrogens (primary N) is 1. The Bertz CT molecular complexity index is 343. The fourth-order valence-electron chi connectivity index (χ4n) is 1.72. The van der Waals surface area contributed by atoms with Crippen molar-refractivity contribution in [2.24, 2.45) is 5.92 Å². The van der Waals surface area contributed by atoms with Gasteiger partial charge in [0.1, 0.15) is 0 Å². The Hall–Kier alpha value is -1.18. The van der Waals surface area contributed by atoms with Gasteiger partial charge in [-0.15, -0.1) is 0 Å². The molecule has 16 heavy (non-hydrogen) atoms. The van der Waals surface area contributed by atoms with Crippen LogP contribution in [-0.2, 0) is 0 Å². The third-order valence-corrected chi connectivity index (χ3v) is 2.94. The molecular weight excluding hydrogens is 196 g/mol. The zero-order valence-electron chi connectivity index (χ0n) is 10.9. The number of rotatable bonds is 5. The molecule has 0 spiro atoms. The van der Waals surface area contributed by atoms with Crippen LogP contribution >= 0.6 is 0 Å². The first-order chi connectivity index (χ1) is 7.50. The zero-order chi connectivity index (χ0) is 12.1. The summed E-state index contributed by atoms with van der Waals surface area (Å²) < 4.78 is 0. The summed E-state index contributed by atoms with van der Waals surface area (Å²) in [4.78, 5) is 0. The summed E-state index contributed by atoms with van der Waals surface area (Å²) in [6.45, 7) is 9.72. The summed E-state index contributed by atoms with van der Waals surface area (Å²) in [5.41, 5.74) is 10.4. The first-order valence-electron chi connectivity index (χ1n) is 6.11. The molecule has 0 aliphatic heterocycles. The minimum atomic E-state index is 0.777. The van der Waals surface area contributed by atoms with Crippen LogP contribution in [0.15, 0.2) is 12.1 Å². The Balaban J connectivity index is 2.51. The van der Waals surface area contributed by atoms with Gasteiger partial charge in [0.25, 0.3) is 0 Å². The second-order valence-electron chi connectivity index (χ2n) is 4.99. The van der Waals surface area contributed by atoms with E-state index in [9.17, 15) is 0 Å². The molecular formula is C14H24N2. The van der Waals surface area contributed by atoms with Crippen molar-refractivity contribution in [2.75, 3.05) is 17.6 Å². The second-order valence-corrected chi connectivity index (χ2v) is 4.99. The van der Waals surface area contributed by atoms with Crippen molar-refractivity contribution in [3.8, 4) is 0 Å². The third kappa shape index (κ3) is 3.76. The van der Waals surface area contributed by atoms with Crippen LogP contribution in [0, 0.1) is 19.8 Å². The Morgan fingerprint density at radius 3 is 2.44 bits per heavy atom. The zero-order valence-corrected chi connectivity index (χ0v) is 10.9. The Labute approximate surface area is 99.2 Å². The van der Waals surface area contributed by atoms with E-state index in [1.165, 1.54) is 24.0 Å². The van der Waals surface area contributed by atoms with Gasteiger partial charge in [0.05, 0.1) is 11.4 Å². The Morgan fingerprint density at radius 2 is 1.81 bits per heavy atom. The highest BCUT2D eigenvalue weighted by Crippen LogP contribution is 2.23. The minimum absolute atomic E-state index is 0.777. The SMILES string of the molecule is Cc1cc(N)c(NCCCC(C)C)cc1C. The molecule has 0 heterocycles. The van der Waals surface area contributed by atoms with Gasteiger partial charge in [-0.1, -0.05) is 13.8 Å². The topological polar surface area (TPSA) is 38.0 Å². The average molecular weight is 220 g/mol. The molecule has 0 aromatic heterocycles. The fourth-order valence-corrected chi connectivity index (χ4v) is 1.72. The largest absolute Gasteiger partial charge is 0.397 e. The van der Waals surface area contributed by atoms with Crippen LogP contribution in [0.25, 0.3) is 0 Å². The molecule has 0 saturated carbocycles. The van der Waals surface area contributed by atoms with Crippen molar-refractivity contribution < 1.29 is 0 Å². The summed E-state index contributed by atoms with van der Waals surface area (Å²) in [6, 6.07) is 4.18. The first kappa shape index (κ1) is 12.9. The van der Waals surface area contributed by atoms with Gasteiger partial charge in [0, 0.05) is 6.54 Å². The van der Waals surface area contributed by atoms with Crippen molar-refractivity contribution in [1.29, 1.82) is 0 Å². The van der Waals surface area contributed by atoms with E-state index in [0.29, 0.717) is 0 Å². The lowest BCUT2D eigenvalue weighted by Gasteiger charge is -2.12. The molecule has 2 nitrogen and oxygen atoms in total. The van der Waals surface area contributed by atoms with E-state index < -0.39 is 0 Å². The molecule has 1 aromatic rings. The van der Waals surface area contributed by atoms with E-state index in [2.05, 4.69) is 39.1 Å². The summed E-state index contributed by atoms with van der Waals surface area (Å²) in [7, 11) is 0. The number of aryl methyl sites for hydroxylation is 2. The quantitative estimate of drug-likeness (QED) is 0.586. The smallest absolute Gasteiger partial charge is 0.0576 e. The van der Waals surface area contributed by atoms with Crippen LogP contribution in [-0.4, -0.2) is 6.54 Å². The van der Waals surface area contributed by atoms with Gasteiger partial charge >= 0.3 is 0 Å². The van der Waals surface area contributed by atoms with Gasteiger partial charge in [-0.25, -0.2) is 0 Å². The molecule has 90 valence electrons. The van der Waals surface area contributed by atoms with Gasteiger partial charge < -0.3 is 11.1 Å². The number of nitrogen functional groups attached to an aromatic ring is 1. The van der Waals surface area contributed by atoms with Gasteiger partial charge in [0.2, 0.25) is 0 Å². The van der Waals surface area contributed by atoms with Gasteiger partial charge in [-0.05, 0) is 55.9 Å².